The fourth-order valence-electron chi connectivity index (χ4n) is 1.92. The molecule has 1 saturated carbocycles. The van der Waals surface area contributed by atoms with Gasteiger partial charge in [0.1, 0.15) is 6.10 Å². The zero-order valence-corrected chi connectivity index (χ0v) is 12.3. The van der Waals surface area contributed by atoms with Gasteiger partial charge in [-0.3, -0.25) is 0 Å². The van der Waals surface area contributed by atoms with Crippen molar-refractivity contribution < 1.29 is 4.74 Å². The molecule has 1 aliphatic carbocycles. The number of nitrogens with zero attached hydrogens (tertiary/aromatic N) is 2. The van der Waals surface area contributed by atoms with Crippen molar-refractivity contribution in [1.82, 2.24) is 9.88 Å². The number of hydrogen-bond acceptors (Lipinski definition) is 3. The molecule has 18 heavy (non-hydrogen) atoms. The number of hydrogen-bond donors (Lipinski definition) is 0. The molecule has 0 aliphatic heterocycles. The summed E-state index contributed by atoms with van der Waals surface area (Å²) in [6, 6.07) is 4.74. The average molecular weight is 250 g/mol. The summed E-state index contributed by atoms with van der Waals surface area (Å²) in [6.07, 6.45) is 5.51. The SMILES string of the molecule is CC.CCc1ccc(OC2CC(N(C)C)C2)nc1. The zero-order chi connectivity index (χ0) is 13.5. The van der Waals surface area contributed by atoms with E-state index in [-0.39, 0.29) is 0 Å². The van der Waals surface area contributed by atoms with Crippen LogP contribution in [-0.2, 0) is 6.42 Å². The van der Waals surface area contributed by atoms with Gasteiger partial charge >= 0.3 is 0 Å². The van der Waals surface area contributed by atoms with Gasteiger partial charge in [-0.05, 0) is 26.1 Å². The van der Waals surface area contributed by atoms with Crippen LogP contribution in [0.25, 0.3) is 0 Å². The molecule has 0 saturated heterocycles. The van der Waals surface area contributed by atoms with Crippen LogP contribution in [0, 0.1) is 0 Å². The fraction of sp³-hybridized carbons (Fsp3) is 0.667. The minimum atomic E-state index is 0.354. The molecule has 3 heteroatoms. The second kappa shape index (κ2) is 7.37. The minimum Gasteiger partial charge on any atom is -0.474 e. The summed E-state index contributed by atoms with van der Waals surface area (Å²) >= 11 is 0. The van der Waals surface area contributed by atoms with E-state index in [2.05, 4.69) is 37.0 Å². The first-order valence-corrected chi connectivity index (χ1v) is 6.97. The lowest BCUT2D eigenvalue weighted by molar-refractivity contribution is 0.0370. The maximum atomic E-state index is 5.79. The topological polar surface area (TPSA) is 25.4 Å². The predicted molar refractivity (Wildman–Crippen MR) is 76.1 cm³/mol. The zero-order valence-electron chi connectivity index (χ0n) is 12.3. The molecule has 0 unspecified atom stereocenters. The molecule has 0 radical (unpaired) electrons. The third-order valence-corrected chi connectivity index (χ3v) is 3.29. The third kappa shape index (κ3) is 3.98. The minimum absolute atomic E-state index is 0.354. The van der Waals surface area contributed by atoms with E-state index in [4.69, 9.17) is 4.74 Å². The molecule has 1 aliphatic rings. The van der Waals surface area contributed by atoms with Crippen LogP contribution in [0.4, 0.5) is 0 Å². The van der Waals surface area contributed by atoms with E-state index < -0.39 is 0 Å². The monoisotopic (exact) mass is 250 g/mol. The van der Waals surface area contributed by atoms with Crippen molar-refractivity contribution in [2.75, 3.05) is 14.1 Å². The Hall–Kier alpha value is -1.09. The fourth-order valence-corrected chi connectivity index (χ4v) is 1.92. The molecule has 0 N–H and O–H groups in total. The van der Waals surface area contributed by atoms with Crippen LogP contribution in [0.1, 0.15) is 39.2 Å². The largest absolute Gasteiger partial charge is 0.474 e. The van der Waals surface area contributed by atoms with E-state index in [1.165, 1.54) is 5.56 Å². The molecule has 1 heterocycles. The Morgan fingerprint density at radius 2 is 1.94 bits per heavy atom. The van der Waals surface area contributed by atoms with Gasteiger partial charge < -0.3 is 9.64 Å². The molecule has 0 bridgehead atoms. The van der Waals surface area contributed by atoms with Crippen molar-refractivity contribution in [3.05, 3.63) is 23.9 Å². The number of aryl methyl sites for hydroxylation is 1. The van der Waals surface area contributed by atoms with E-state index in [1.54, 1.807) is 0 Å². The van der Waals surface area contributed by atoms with Gasteiger partial charge in [0, 0.05) is 31.1 Å². The van der Waals surface area contributed by atoms with Gasteiger partial charge in [0.2, 0.25) is 5.88 Å². The predicted octanol–water partition coefficient (Wildman–Crippen LogP) is 3.14. The van der Waals surface area contributed by atoms with Crippen molar-refractivity contribution in [1.29, 1.82) is 0 Å². The summed E-state index contributed by atoms with van der Waals surface area (Å²) in [5.41, 5.74) is 1.26. The maximum absolute atomic E-state index is 5.79. The first kappa shape index (κ1) is 15.0. The van der Waals surface area contributed by atoms with Gasteiger partial charge in [0.15, 0.2) is 0 Å². The summed E-state index contributed by atoms with van der Waals surface area (Å²) in [6.45, 7) is 6.13. The lowest BCUT2D eigenvalue weighted by Crippen LogP contribution is -2.46. The molecule has 0 spiro atoms. The highest BCUT2D eigenvalue weighted by molar-refractivity contribution is 5.18. The highest BCUT2D eigenvalue weighted by Gasteiger charge is 2.32. The number of ether oxygens (including phenoxy) is 1. The van der Waals surface area contributed by atoms with Crippen molar-refractivity contribution >= 4 is 0 Å². The van der Waals surface area contributed by atoms with Crippen LogP contribution < -0.4 is 4.74 Å². The van der Waals surface area contributed by atoms with Crippen molar-refractivity contribution in [3.8, 4) is 5.88 Å². The molecule has 3 nitrogen and oxygen atoms in total. The maximum Gasteiger partial charge on any atom is 0.213 e. The highest BCUT2D eigenvalue weighted by atomic mass is 16.5. The molecule has 0 amide bonds. The summed E-state index contributed by atoms with van der Waals surface area (Å²) in [5, 5.41) is 0. The summed E-state index contributed by atoms with van der Waals surface area (Å²) in [4.78, 5) is 6.56. The number of rotatable bonds is 4. The van der Waals surface area contributed by atoms with Crippen LogP contribution in [-0.4, -0.2) is 36.1 Å². The molecule has 2 rings (SSSR count). The Kier molecular flexibility index (Phi) is 6.13. The first-order chi connectivity index (χ1) is 8.69. The smallest absolute Gasteiger partial charge is 0.213 e. The quantitative estimate of drug-likeness (QED) is 0.821. The van der Waals surface area contributed by atoms with Crippen molar-refractivity contribution in [2.24, 2.45) is 0 Å². The van der Waals surface area contributed by atoms with Gasteiger partial charge in [-0.25, -0.2) is 4.98 Å². The van der Waals surface area contributed by atoms with Gasteiger partial charge in [0.05, 0.1) is 0 Å². The van der Waals surface area contributed by atoms with E-state index >= 15 is 0 Å². The van der Waals surface area contributed by atoms with Crippen LogP contribution in [0.5, 0.6) is 5.88 Å². The van der Waals surface area contributed by atoms with Gasteiger partial charge in [-0.2, -0.15) is 0 Å². The lowest BCUT2D eigenvalue weighted by atomic mass is 9.88. The molecule has 0 aromatic carbocycles. The van der Waals surface area contributed by atoms with Gasteiger partial charge in [-0.15, -0.1) is 0 Å². The molecular weight excluding hydrogens is 224 g/mol. The summed E-state index contributed by atoms with van der Waals surface area (Å²) in [5.74, 6) is 0.763. The second-order valence-corrected chi connectivity index (χ2v) is 4.69. The highest BCUT2D eigenvalue weighted by Crippen LogP contribution is 2.27. The molecule has 102 valence electrons. The van der Waals surface area contributed by atoms with E-state index in [0.29, 0.717) is 12.1 Å². The lowest BCUT2D eigenvalue weighted by Gasteiger charge is -2.39. The second-order valence-electron chi connectivity index (χ2n) is 4.69. The average Bonchev–Trinajstić information content (AvgIpc) is 2.36. The van der Waals surface area contributed by atoms with Crippen LogP contribution in [0.15, 0.2) is 18.3 Å². The molecule has 1 aromatic heterocycles. The van der Waals surface area contributed by atoms with Crippen molar-refractivity contribution in [2.45, 2.75) is 52.2 Å². The van der Waals surface area contributed by atoms with Gasteiger partial charge in [0.25, 0.3) is 0 Å². The molecular formula is C15H26N2O. The van der Waals surface area contributed by atoms with Crippen molar-refractivity contribution in [3.63, 3.8) is 0 Å². The third-order valence-electron chi connectivity index (χ3n) is 3.29. The molecule has 1 aromatic rings. The standard InChI is InChI=1S/C13H20N2O.C2H6/c1-4-10-5-6-13(14-9-10)16-12-7-11(8-12)15(2)3;1-2/h5-6,9,11-12H,4,7-8H2,1-3H3;1-2H3. The summed E-state index contributed by atoms with van der Waals surface area (Å²) < 4.78 is 5.79. The van der Waals surface area contributed by atoms with E-state index in [0.717, 1.165) is 25.1 Å². The molecule has 0 atom stereocenters. The first-order valence-electron chi connectivity index (χ1n) is 6.97. The van der Waals surface area contributed by atoms with Crippen LogP contribution >= 0.6 is 0 Å². The Morgan fingerprint density at radius 3 is 2.39 bits per heavy atom. The Labute approximate surface area is 111 Å². The number of pyridine rings is 1. The normalized spacial score (nSPS) is 21.9. The van der Waals surface area contributed by atoms with Crippen LogP contribution in [0.2, 0.25) is 0 Å². The van der Waals surface area contributed by atoms with E-state index in [1.807, 2.05) is 26.1 Å². The number of aromatic nitrogens is 1. The van der Waals surface area contributed by atoms with Gasteiger partial charge in [-0.1, -0.05) is 26.8 Å². The van der Waals surface area contributed by atoms with Crippen LogP contribution in [0.3, 0.4) is 0 Å². The Bertz CT molecular complexity index is 329. The molecule has 1 fully saturated rings. The van der Waals surface area contributed by atoms with E-state index in [9.17, 15) is 0 Å². The Morgan fingerprint density at radius 1 is 1.28 bits per heavy atom. The Balaban J connectivity index is 0.000000771. The summed E-state index contributed by atoms with van der Waals surface area (Å²) in [7, 11) is 4.24.